The molecule has 2 aromatic rings. The highest BCUT2D eigenvalue weighted by Crippen LogP contribution is 2.32. The molecular weight excluding hydrogens is 489 g/mol. The second kappa shape index (κ2) is 9.63. The van der Waals surface area contributed by atoms with Gasteiger partial charge in [0.05, 0.1) is 4.34 Å². The number of aliphatic imine (C=N–C) groups is 1. The quantitative estimate of drug-likeness (QED) is 0.367. The average Bonchev–Trinajstić information content (AvgIpc) is 3.23. The fraction of sp³-hybridized carbons (Fsp3) is 0.353. The minimum atomic E-state index is -0.631. The van der Waals surface area contributed by atoms with Crippen LogP contribution in [0.4, 0.5) is 0 Å². The van der Waals surface area contributed by atoms with E-state index in [9.17, 15) is 5.11 Å². The maximum Gasteiger partial charge on any atom is 0.231 e. The minimum absolute atomic E-state index is 0. The van der Waals surface area contributed by atoms with E-state index in [0.717, 1.165) is 21.9 Å². The molecule has 1 atom stereocenters. The monoisotopic (exact) mass is 509 g/mol. The van der Waals surface area contributed by atoms with Gasteiger partial charge in [-0.05, 0) is 29.8 Å². The van der Waals surface area contributed by atoms with Crippen LogP contribution < -0.4 is 14.8 Å². The van der Waals surface area contributed by atoms with Crippen molar-refractivity contribution >= 4 is 52.9 Å². The largest absolute Gasteiger partial charge is 0.454 e. The van der Waals surface area contributed by atoms with E-state index in [0.29, 0.717) is 23.4 Å². The van der Waals surface area contributed by atoms with Gasteiger partial charge in [0.25, 0.3) is 0 Å². The van der Waals surface area contributed by atoms with E-state index < -0.39 is 6.10 Å². The molecular formula is C17H21ClIN3O3S. The summed E-state index contributed by atoms with van der Waals surface area (Å²) in [6.45, 7) is 1.27. The number of nitrogens with zero attached hydrogens (tertiary/aromatic N) is 2. The van der Waals surface area contributed by atoms with Gasteiger partial charge < -0.3 is 24.8 Å². The number of hydrogen-bond donors (Lipinski definition) is 2. The normalized spacial score (nSPS) is 13.9. The van der Waals surface area contributed by atoms with Crippen molar-refractivity contribution in [1.82, 2.24) is 10.2 Å². The summed E-state index contributed by atoms with van der Waals surface area (Å²) in [6, 6.07) is 9.49. The van der Waals surface area contributed by atoms with Crippen molar-refractivity contribution in [3.63, 3.8) is 0 Å². The van der Waals surface area contributed by atoms with Crippen LogP contribution in [0.3, 0.4) is 0 Å². The van der Waals surface area contributed by atoms with Gasteiger partial charge in [-0.25, -0.2) is 0 Å². The Labute approximate surface area is 178 Å². The molecule has 1 unspecified atom stereocenters. The van der Waals surface area contributed by atoms with Crippen molar-refractivity contribution < 1.29 is 14.6 Å². The van der Waals surface area contributed by atoms with Crippen molar-refractivity contribution in [3.8, 4) is 11.5 Å². The van der Waals surface area contributed by atoms with Gasteiger partial charge >= 0.3 is 0 Å². The molecule has 0 saturated heterocycles. The van der Waals surface area contributed by atoms with Gasteiger partial charge in [0.2, 0.25) is 6.79 Å². The Hall–Kier alpha value is -1.23. The predicted molar refractivity (Wildman–Crippen MR) is 115 cm³/mol. The third kappa shape index (κ3) is 5.15. The lowest BCUT2D eigenvalue weighted by Gasteiger charge is -2.23. The van der Waals surface area contributed by atoms with Crippen LogP contribution in [0.1, 0.15) is 16.5 Å². The lowest BCUT2D eigenvalue weighted by atomic mass is 10.2. The van der Waals surface area contributed by atoms with E-state index in [2.05, 4.69) is 10.3 Å². The molecule has 0 fully saturated rings. The zero-order valence-electron chi connectivity index (χ0n) is 14.4. The van der Waals surface area contributed by atoms with E-state index in [4.69, 9.17) is 21.1 Å². The Balaban J connectivity index is 0.00000243. The Morgan fingerprint density at radius 3 is 2.81 bits per heavy atom. The first-order chi connectivity index (χ1) is 12.1. The molecule has 2 heterocycles. The summed E-state index contributed by atoms with van der Waals surface area (Å²) < 4.78 is 11.4. The second-order valence-corrected chi connectivity index (χ2v) is 7.38. The first kappa shape index (κ1) is 21.1. The molecule has 0 amide bonds. The molecule has 0 aliphatic carbocycles. The van der Waals surface area contributed by atoms with Crippen molar-refractivity contribution in [3.05, 3.63) is 45.1 Å². The number of thiophene rings is 1. The fourth-order valence-corrected chi connectivity index (χ4v) is 3.62. The molecule has 26 heavy (non-hydrogen) atoms. The standard InChI is InChI=1S/C17H20ClN3O3S.HI/c1-19-17(20-8-12(22)15-5-6-16(18)25-15)21(2)9-11-3-4-13-14(7-11)24-10-23-13;/h3-7,12,22H,8-10H2,1-2H3,(H,19,20);1H. The number of aliphatic hydroxyl groups excluding tert-OH is 1. The van der Waals surface area contributed by atoms with Crippen LogP contribution >= 0.6 is 46.9 Å². The van der Waals surface area contributed by atoms with Crippen molar-refractivity contribution in [2.45, 2.75) is 12.6 Å². The summed E-state index contributed by atoms with van der Waals surface area (Å²) in [4.78, 5) is 7.07. The van der Waals surface area contributed by atoms with Crippen molar-refractivity contribution in [1.29, 1.82) is 0 Å². The smallest absolute Gasteiger partial charge is 0.231 e. The van der Waals surface area contributed by atoms with Gasteiger partial charge in [-0.2, -0.15) is 0 Å². The van der Waals surface area contributed by atoms with E-state index >= 15 is 0 Å². The van der Waals surface area contributed by atoms with Crippen molar-refractivity contribution in [2.24, 2.45) is 4.99 Å². The van der Waals surface area contributed by atoms with E-state index in [1.54, 1.807) is 13.1 Å². The fourth-order valence-electron chi connectivity index (χ4n) is 2.57. The predicted octanol–water partition coefficient (Wildman–Crippen LogP) is 3.49. The summed E-state index contributed by atoms with van der Waals surface area (Å²) in [7, 11) is 3.65. The molecule has 2 N–H and O–H groups in total. The van der Waals surface area contributed by atoms with Crippen LogP contribution in [-0.2, 0) is 6.54 Å². The Morgan fingerprint density at radius 2 is 2.12 bits per heavy atom. The third-order valence-electron chi connectivity index (χ3n) is 3.81. The molecule has 1 aliphatic heterocycles. The molecule has 3 rings (SSSR count). The molecule has 0 spiro atoms. The lowest BCUT2D eigenvalue weighted by Crippen LogP contribution is -2.40. The van der Waals surface area contributed by atoms with Crippen LogP contribution in [0.2, 0.25) is 4.34 Å². The van der Waals surface area contributed by atoms with Gasteiger partial charge in [0.15, 0.2) is 17.5 Å². The van der Waals surface area contributed by atoms with Gasteiger partial charge in [-0.15, -0.1) is 35.3 Å². The number of guanidine groups is 1. The number of aliphatic hydroxyl groups is 1. The third-order valence-corrected chi connectivity index (χ3v) is 5.14. The van der Waals surface area contributed by atoms with E-state index in [-0.39, 0.29) is 30.8 Å². The molecule has 6 nitrogen and oxygen atoms in total. The summed E-state index contributed by atoms with van der Waals surface area (Å²) >= 11 is 7.29. The topological polar surface area (TPSA) is 66.3 Å². The maximum absolute atomic E-state index is 10.2. The minimum Gasteiger partial charge on any atom is -0.454 e. The molecule has 1 aromatic heterocycles. The number of halogens is 2. The van der Waals surface area contributed by atoms with Crippen LogP contribution in [0.15, 0.2) is 35.3 Å². The van der Waals surface area contributed by atoms with Gasteiger partial charge in [0.1, 0.15) is 6.10 Å². The molecule has 9 heteroatoms. The molecule has 0 radical (unpaired) electrons. The number of ether oxygens (including phenoxy) is 2. The molecule has 142 valence electrons. The van der Waals surface area contributed by atoms with E-state index in [1.165, 1.54) is 11.3 Å². The molecule has 1 aromatic carbocycles. The van der Waals surface area contributed by atoms with Crippen molar-refractivity contribution in [2.75, 3.05) is 27.4 Å². The Kier molecular flexibility index (Phi) is 7.81. The lowest BCUT2D eigenvalue weighted by molar-refractivity contribution is 0.174. The Bertz CT molecular complexity index is 771. The molecule has 0 bridgehead atoms. The average molecular weight is 510 g/mol. The van der Waals surface area contributed by atoms with Crippen LogP contribution in [0.5, 0.6) is 11.5 Å². The first-order valence-electron chi connectivity index (χ1n) is 7.80. The first-order valence-corrected chi connectivity index (χ1v) is 9.00. The molecule has 0 saturated carbocycles. The summed E-state index contributed by atoms with van der Waals surface area (Å²) in [5.41, 5.74) is 1.08. The van der Waals surface area contributed by atoms with Crippen LogP contribution in [-0.4, -0.2) is 43.4 Å². The second-order valence-electron chi connectivity index (χ2n) is 5.63. The number of hydrogen-bond acceptors (Lipinski definition) is 5. The number of benzene rings is 1. The highest BCUT2D eigenvalue weighted by atomic mass is 127. The molecule has 1 aliphatic rings. The maximum atomic E-state index is 10.2. The SMILES string of the molecule is CN=C(NCC(O)c1ccc(Cl)s1)N(C)Cc1ccc2c(c1)OCO2.I. The summed E-state index contributed by atoms with van der Waals surface area (Å²) in [5.74, 6) is 2.23. The van der Waals surface area contributed by atoms with Gasteiger partial charge in [-0.3, -0.25) is 4.99 Å². The number of nitrogens with one attached hydrogen (secondary N) is 1. The summed E-state index contributed by atoms with van der Waals surface area (Å²) in [6.07, 6.45) is -0.631. The highest BCUT2D eigenvalue weighted by molar-refractivity contribution is 14.0. The highest BCUT2D eigenvalue weighted by Gasteiger charge is 2.16. The number of fused-ring (bicyclic) bond motifs is 1. The van der Waals surface area contributed by atoms with Crippen LogP contribution in [0, 0.1) is 0 Å². The van der Waals surface area contributed by atoms with E-state index in [1.807, 2.05) is 36.2 Å². The summed E-state index contributed by atoms with van der Waals surface area (Å²) in [5, 5.41) is 13.4. The zero-order chi connectivity index (χ0) is 17.8. The van der Waals surface area contributed by atoms with Crippen LogP contribution in [0.25, 0.3) is 0 Å². The van der Waals surface area contributed by atoms with Gasteiger partial charge in [0, 0.05) is 32.1 Å². The zero-order valence-corrected chi connectivity index (χ0v) is 18.3. The van der Waals surface area contributed by atoms with Gasteiger partial charge in [-0.1, -0.05) is 17.7 Å². The number of rotatable bonds is 5. The Morgan fingerprint density at radius 1 is 1.35 bits per heavy atom.